The predicted octanol–water partition coefficient (Wildman–Crippen LogP) is -0.109. The number of ether oxygens (including phenoxy) is 1. The van der Waals surface area contributed by atoms with Crippen molar-refractivity contribution in [3.63, 3.8) is 0 Å². The molecule has 0 radical (unpaired) electrons. The number of hydrogen-bond donors (Lipinski definition) is 2. The van der Waals surface area contributed by atoms with E-state index in [1.165, 1.54) is 6.42 Å². The minimum absolute atomic E-state index is 0.0781. The number of nitrogens with one attached hydrogen (secondary N) is 2. The summed E-state index contributed by atoms with van der Waals surface area (Å²) in [6.07, 6.45) is 2.90. The Balaban J connectivity index is 1.66. The third-order valence-corrected chi connectivity index (χ3v) is 2.95. The molecule has 14 heavy (non-hydrogen) atoms. The molecule has 2 rings (SSSR count). The van der Waals surface area contributed by atoms with Crippen LogP contribution < -0.4 is 10.6 Å². The van der Waals surface area contributed by atoms with Crippen molar-refractivity contribution in [2.24, 2.45) is 5.92 Å². The largest absolute Gasteiger partial charge is 0.368 e. The minimum Gasteiger partial charge on any atom is -0.368 e. The van der Waals surface area contributed by atoms with Crippen LogP contribution in [0.5, 0.6) is 0 Å². The molecule has 2 atom stereocenters. The summed E-state index contributed by atoms with van der Waals surface area (Å²) in [6.45, 7) is 3.65. The summed E-state index contributed by atoms with van der Waals surface area (Å²) >= 11 is 0. The lowest BCUT2D eigenvalue weighted by molar-refractivity contribution is -0.130. The lowest BCUT2D eigenvalue weighted by atomic mass is 10.1. The number of carbonyl (C=O) groups is 1. The highest BCUT2D eigenvalue weighted by molar-refractivity contribution is 5.80. The molecule has 0 bridgehead atoms. The van der Waals surface area contributed by atoms with Crippen molar-refractivity contribution >= 4 is 5.91 Å². The van der Waals surface area contributed by atoms with E-state index in [9.17, 15) is 4.79 Å². The van der Waals surface area contributed by atoms with Gasteiger partial charge < -0.3 is 15.4 Å². The van der Waals surface area contributed by atoms with Crippen molar-refractivity contribution in [3.05, 3.63) is 0 Å². The highest BCUT2D eigenvalue weighted by Crippen LogP contribution is 2.12. The van der Waals surface area contributed by atoms with Crippen LogP contribution in [-0.4, -0.2) is 38.3 Å². The molecule has 2 N–H and O–H groups in total. The molecule has 2 fully saturated rings. The summed E-state index contributed by atoms with van der Waals surface area (Å²) in [5.41, 5.74) is 0. The molecular weight excluding hydrogens is 180 g/mol. The van der Waals surface area contributed by atoms with Gasteiger partial charge in [0.1, 0.15) is 6.10 Å². The molecule has 0 aromatic heterocycles. The quantitative estimate of drug-likeness (QED) is 0.665. The molecule has 4 heteroatoms. The fraction of sp³-hybridized carbons (Fsp3) is 0.900. The van der Waals surface area contributed by atoms with Gasteiger partial charge in [-0.15, -0.1) is 0 Å². The molecule has 80 valence electrons. The SMILES string of the molecule is O=C(NCC1CCNC1)[C@@H]1CCCO1. The van der Waals surface area contributed by atoms with E-state index >= 15 is 0 Å². The van der Waals surface area contributed by atoms with Crippen molar-refractivity contribution in [3.8, 4) is 0 Å². The maximum atomic E-state index is 11.5. The smallest absolute Gasteiger partial charge is 0.249 e. The van der Waals surface area contributed by atoms with Gasteiger partial charge in [0.15, 0.2) is 0 Å². The second kappa shape index (κ2) is 4.75. The van der Waals surface area contributed by atoms with Gasteiger partial charge in [0, 0.05) is 13.2 Å². The zero-order valence-electron chi connectivity index (χ0n) is 8.42. The van der Waals surface area contributed by atoms with Crippen molar-refractivity contribution in [2.45, 2.75) is 25.4 Å². The molecule has 0 saturated carbocycles. The summed E-state index contributed by atoms with van der Waals surface area (Å²) in [4.78, 5) is 11.5. The van der Waals surface area contributed by atoms with Gasteiger partial charge in [0.05, 0.1) is 0 Å². The lowest BCUT2D eigenvalue weighted by Gasteiger charge is -2.13. The molecule has 0 spiro atoms. The molecule has 0 aliphatic carbocycles. The fourth-order valence-electron chi connectivity index (χ4n) is 2.03. The second-order valence-corrected chi connectivity index (χ2v) is 4.11. The van der Waals surface area contributed by atoms with E-state index in [1.54, 1.807) is 0 Å². The van der Waals surface area contributed by atoms with E-state index < -0.39 is 0 Å². The van der Waals surface area contributed by atoms with Gasteiger partial charge in [-0.2, -0.15) is 0 Å². The first kappa shape index (κ1) is 9.93. The normalized spacial score (nSPS) is 32.0. The molecule has 4 nitrogen and oxygen atoms in total. The van der Waals surface area contributed by atoms with Gasteiger partial charge in [-0.3, -0.25) is 4.79 Å². The van der Waals surface area contributed by atoms with E-state index in [-0.39, 0.29) is 12.0 Å². The number of carbonyl (C=O) groups excluding carboxylic acids is 1. The van der Waals surface area contributed by atoms with Crippen molar-refractivity contribution < 1.29 is 9.53 Å². The third kappa shape index (κ3) is 2.45. The molecule has 2 aliphatic heterocycles. The van der Waals surface area contributed by atoms with Gasteiger partial charge >= 0.3 is 0 Å². The number of rotatable bonds is 3. The van der Waals surface area contributed by atoms with Crippen LogP contribution in [0, 0.1) is 5.92 Å². The lowest BCUT2D eigenvalue weighted by Crippen LogP contribution is -2.37. The molecular formula is C10H18N2O2. The summed E-state index contributed by atoms with van der Waals surface area (Å²) < 4.78 is 5.30. The fourth-order valence-corrected chi connectivity index (χ4v) is 2.03. The molecule has 1 unspecified atom stereocenters. The molecule has 0 aromatic carbocycles. The summed E-state index contributed by atoms with van der Waals surface area (Å²) in [7, 11) is 0. The van der Waals surface area contributed by atoms with E-state index in [1.807, 2.05) is 0 Å². The number of amides is 1. The minimum atomic E-state index is -0.177. The van der Waals surface area contributed by atoms with E-state index in [0.717, 1.165) is 39.1 Å². The van der Waals surface area contributed by atoms with Gasteiger partial charge in [-0.25, -0.2) is 0 Å². The Kier molecular flexibility index (Phi) is 3.37. The van der Waals surface area contributed by atoms with E-state index in [0.29, 0.717) is 5.92 Å². The highest BCUT2D eigenvalue weighted by Gasteiger charge is 2.24. The topological polar surface area (TPSA) is 50.4 Å². The predicted molar refractivity (Wildman–Crippen MR) is 53.0 cm³/mol. The maximum Gasteiger partial charge on any atom is 0.249 e. The third-order valence-electron chi connectivity index (χ3n) is 2.95. The van der Waals surface area contributed by atoms with Crippen LogP contribution >= 0.6 is 0 Å². The van der Waals surface area contributed by atoms with Crippen molar-refractivity contribution in [1.29, 1.82) is 0 Å². The summed E-state index contributed by atoms with van der Waals surface area (Å²) in [5.74, 6) is 0.690. The standard InChI is InChI=1S/C10H18N2O2/c13-10(9-2-1-5-14-9)12-7-8-3-4-11-6-8/h8-9,11H,1-7H2,(H,12,13)/t8?,9-/m0/s1. The Hall–Kier alpha value is -0.610. The van der Waals surface area contributed by atoms with Crippen molar-refractivity contribution in [2.75, 3.05) is 26.2 Å². The van der Waals surface area contributed by atoms with Crippen molar-refractivity contribution in [1.82, 2.24) is 10.6 Å². The van der Waals surface area contributed by atoms with E-state index in [2.05, 4.69) is 10.6 Å². The van der Waals surface area contributed by atoms with Gasteiger partial charge in [-0.05, 0) is 38.3 Å². The zero-order valence-corrected chi connectivity index (χ0v) is 8.42. The molecule has 0 aromatic rings. The van der Waals surface area contributed by atoms with Gasteiger partial charge in [0.2, 0.25) is 5.91 Å². The average Bonchev–Trinajstić information content (AvgIpc) is 2.87. The first-order valence-corrected chi connectivity index (χ1v) is 5.46. The summed E-state index contributed by atoms with van der Waals surface area (Å²) in [6, 6.07) is 0. The Morgan fingerprint density at radius 1 is 1.50 bits per heavy atom. The second-order valence-electron chi connectivity index (χ2n) is 4.11. The van der Waals surface area contributed by atoms with Gasteiger partial charge in [-0.1, -0.05) is 0 Å². The Bertz CT molecular complexity index is 196. The van der Waals surface area contributed by atoms with Crippen LogP contribution in [0.4, 0.5) is 0 Å². The van der Waals surface area contributed by atoms with Crippen LogP contribution in [0.2, 0.25) is 0 Å². The molecule has 1 amide bonds. The maximum absolute atomic E-state index is 11.5. The first-order chi connectivity index (χ1) is 6.86. The first-order valence-electron chi connectivity index (χ1n) is 5.46. The summed E-state index contributed by atoms with van der Waals surface area (Å²) in [5, 5.41) is 6.25. The Morgan fingerprint density at radius 3 is 3.07 bits per heavy atom. The van der Waals surface area contributed by atoms with Crippen LogP contribution in [-0.2, 0) is 9.53 Å². The van der Waals surface area contributed by atoms with Crippen LogP contribution in [0.15, 0.2) is 0 Å². The van der Waals surface area contributed by atoms with E-state index in [4.69, 9.17) is 4.74 Å². The average molecular weight is 198 g/mol. The molecule has 2 heterocycles. The molecule has 2 saturated heterocycles. The van der Waals surface area contributed by atoms with Gasteiger partial charge in [0.25, 0.3) is 0 Å². The highest BCUT2D eigenvalue weighted by atomic mass is 16.5. The Labute approximate surface area is 84.4 Å². The monoisotopic (exact) mass is 198 g/mol. The molecule has 2 aliphatic rings. The van der Waals surface area contributed by atoms with Crippen LogP contribution in [0.25, 0.3) is 0 Å². The van der Waals surface area contributed by atoms with Crippen LogP contribution in [0.1, 0.15) is 19.3 Å². The van der Waals surface area contributed by atoms with Crippen LogP contribution in [0.3, 0.4) is 0 Å². The zero-order chi connectivity index (χ0) is 9.80. The number of hydrogen-bond acceptors (Lipinski definition) is 3. The Morgan fingerprint density at radius 2 is 2.43 bits per heavy atom.